The summed E-state index contributed by atoms with van der Waals surface area (Å²) in [6.45, 7) is 4.94. The molecule has 1 aliphatic rings. The first-order valence-corrected chi connectivity index (χ1v) is 10.9. The normalized spacial score (nSPS) is 15.1. The minimum Gasteiger partial charge on any atom is -0.465 e. The molecule has 0 aliphatic carbocycles. The van der Waals surface area contributed by atoms with Crippen LogP contribution < -0.4 is 0 Å². The molecular weight excluding hydrogens is 400 g/mol. The molecule has 1 aromatic rings. The van der Waals surface area contributed by atoms with Crippen molar-refractivity contribution in [2.24, 2.45) is 0 Å². The third kappa shape index (κ3) is 5.99. The number of hydrogen-bond acceptors (Lipinski definition) is 7. The molecule has 0 bridgehead atoms. The number of hydrogen-bond donors (Lipinski definition) is 0. The van der Waals surface area contributed by atoms with Gasteiger partial charge in [0, 0.05) is 32.3 Å². The number of esters is 1. The molecule has 1 aliphatic heterocycles. The van der Waals surface area contributed by atoms with Crippen LogP contribution in [0.3, 0.4) is 0 Å². The molecule has 162 valence electrons. The van der Waals surface area contributed by atoms with Gasteiger partial charge in [0.05, 0.1) is 31.3 Å². The number of sulfonamides is 1. The van der Waals surface area contributed by atoms with Crippen molar-refractivity contribution in [3.63, 3.8) is 0 Å². The summed E-state index contributed by atoms with van der Waals surface area (Å²) in [6, 6.07) is 4.52. The molecule has 0 aromatic heterocycles. The summed E-state index contributed by atoms with van der Waals surface area (Å²) in [5.41, 5.74) is 0.727. The van der Waals surface area contributed by atoms with Gasteiger partial charge in [0.1, 0.15) is 6.54 Å². The number of carbonyl (C=O) groups is 2. The minimum atomic E-state index is -3.76. The summed E-state index contributed by atoms with van der Waals surface area (Å²) in [7, 11) is -2.26. The Morgan fingerprint density at radius 3 is 2.55 bits per heavy atom. The highest BCUT2D eigenvalue weighted by molar-refractivity contribution is 7.89. The second-order valence-corrected chi connectivity index (χ2v) is 8.43. The number of rotatable bonds is 9. The summed E-state index contributed by atoms with van der Waals surface area (Å²) >= 11 is 0. The standard InChI is InChI=1S/C19H28N2O7S/c1-4-28-18(22)14-20(7-10-26-3)19(23)16-6-5-15(2)17(13-16)29(24,25)21-8-11-27-12-9-21/h5-6,13H,4,7-12,14H2,1-3H3. The Hall–Kier alpha value is -2.01. The van der Waals surface area contributed by atoms with Gasteiger partial charge in [-0.2, -0.15) is 4.31 Å². The Kier molecular flexibility index (Phi) is 8.57. The van der Waals surface area contributed by atoms with Crippen LogP contribution in [0.4, 0.5) is 0 Å². The quantitative estimate of drug-likeness (QED) is 0.533. The topological polar surface area (TPSA) is 102 Å². The van der Waals surface area contributed by atoms with Crippen LogP contribution in [0.25, 0.3) is 0 Å². The van der Waals surface area contributed by atoms with Crippen molar-refractivity contribution < 1.29 is 32.2 Å². The maximum atomic E-state index is 13.0. The summed E-state index contributed by atoms with van der Waals surface area (Å²) in [5.74, 6) is -1.00. The molecule has 0 atom stereocenters. The fourth-order valence-corrected chi connectivity index (χ4v) is 4.59. The van der Waals surface area contributed by atoms with E-state index in [4.69, 9.17) is 14.2 Å². The molecule has 0 unspecified atom stereocenters. The zero-order valence-electron chi connectivity index (χ0n) is 17.0. The third-order valence-electron chi connectivity index (χ3n) is 4.50. The average molecular weight is 429 g/mol. The zero-order valence-corrected chi connectivity index (χ0v) is 17.9. The maximum Gasteiger partial charge on any atom is 0.325 e. The first kappa shape index (κ1) is 23.3. The van der Waals surface area contributed by atoms with E-state index in [0.29, 0.717) is 18.8 Å². The van der Waals surface area contributed by atoms with Crippen LogP contribution in [-0.2, 0) is 29.0 Å². The van der Waals surface area contributed by atoms with Gasteiger partial charge in [0.25, 0.3) is 5.91 Å². The average Bonchev–Trinajstić information content (AvgIpc) is 2.71. The molecule has 1 aromatic carbocycles. The number of carbonyl (C=O) groups excluding carboxylic acids is 2. The van der Waals surface area contributed by atoms with Crippen LogP contribution in [0.5, 0.6) is 0 Å². The van der Waals surface area contributed by atoms with Crippen LogP contribution in [0.2, 0.25) is 0 Å². The number of methoxy groups -OCH3 is 1. The van der Waals surface area contributed by atoms with Crippen LogP contribution in [0, 0.1) is 6.92 Å². The molecule has 1 amide bonds. The largest absolute Gasteiger partial charge is 0.465 e. The monoisotopic (exact) mass is 428 g/mol. The lowest BCUT2D eigenvalue weighted by molar-refractivity contribution is -0.143. The van der Waals surface area contributed by atoms with Gasteiger partial charge < -0.3 is 19.1 Å². The van der Waals surface area contributed by atoms with E-state index in [1.807, 2.05) is 0 Å². The second kappa shape index (κ2) is 10.7. The van der Waals surface area contributed by atoms with Gasteiger partial charge >= 0.3 is 5.97 Å². The van der Waals surface area contributed by atoms with Gasteiger partial charge in [-0.3, -0.25) is 9.59 Å². The van der Waals surface area contributed by atoms with Crippen molar-refractivity contribution in [1.82, 2.24) is 9.21 Å². The number of morpholine rings is 1. The Balaban J connectivity index is 2.31. The molecule has 1 fully saturated rings. The zero-order chi connectivity index (χ0) is 21.4. The molecular formula is C19H28N2O7S. The van der Waals surface area contributed by atoms with E-state index in [9.17, 15) is 18.0 Å². The molecule has 1 heterocycles. The van der Waals surface area contributed by atoms with Crippen LogP contribution in [0.15, 0.2) is 23.1 Å². The fraction of sp³-hybridized carbons (Fsp3) is 0.579. The Labute approximate surface area is 171 Å². The molecule has 0 radical (unpaired) electrons. The van der Waals surface area contributed by atoms with E-state index in [-0.39, 0.29) is 49.9 Å². The van der Waals surface area contributed by atoms with Crippen LogP contribution in [0.1, 0.15) is 22.8 Å². The van der Waals surface area contributed by atoms with Crippen LogP contribution in [-0.4, -0.2) is 89.2 Å². The third-order valence-corrected chi connectivity index (χ3v) is 6.54. The van der Waals surface area contributed by atoms with E-state index >= 15 is 0 Å². The highest BCUT2D eigenvalue weighted by Gasteiger charge is 2.29. The van der Waals surface area contributed by atoms with E-state index in [2.05, 4.69) is 0 Å². The van der Waals surface area contributed by atoms with E-state index in [0.717, 1.165) is 0 Å². The van der Waals surface area contributed by atoms with E-state index in [1.165, 1.54) is 22.4 Å². The first-order chi connectivity index (χ1) is 13.8. The van der Waals surface area contributed by atoms with Crippen molar-refractivity contribution in [2.75, 3.05) is 59.7 Å². The molecule has 0 N–H and O–H groups in total. The highest BCUT2D eigenvalue weighted by Crippen LogP contribution is 2.23. The predicted molar refractivity (Wildman–Crippen MR) is 105 cm³/mol. The Morgan fingerprint density at radius 1 is 1.24 bits per heavy atom. The van der Waals surface area contributed by atoms with Gasteiger partial charge in [-0.05, 0) is 31.5 Å². The number of aryl methyl sites for hydroxylation is 1. The lowest BCUT2D eigenvalue weighted by atomic mass is 10.1. The van der Waals surface area contributed by atoms with E-state index in [1.54, 1.807) is 26.0 Å². The number of ether oxygens (including phenoxy) is 3. The lowest BCUT2D eigenvalue weighted by Gasteiger charge is -2.27. The molecule has 10 heteroatoms. The number of amides is 1. The van der Waals surface area contributed by atoms with E-state index < -0.39 is 21.9 Å². The first-order valence-electron chi connectivity index (χ1n) is 9.43. The SMILES string of the molecule is CCOC(=O)CN(CCOC)C(=O)c1ccc(C)c(S(=O)(=O)N2CCOCC2)c1. The van der Waals surface area contributed by atoms with Gasteiger partial charge in [-0.25, -0.2) is 8.42 Å². The second-order valence-electron chi connectivity index (χ2n) is 6.52. The van der Waals surface area contributed by atoms with Crippen molar-refractivity contribution in [1.29, 1.82) is 0 Å². The molecule has 0 spiro atoms. The summed E-state index contributed by atoms with van der Waals surface area (Å²) in [5, 5.41) is 0. The van der Waals surface area contributed by atoms with Crippen molar-refractivity contribution in [2.45, 2.75) is 18.7 Å². The summed E-state index contributed by atoms with van der Waals surface area (Å²) in [4.78, 5) is 26.2. The predicted octanol–water partition coefficient (Wildman–Crippen LogP) is 0.668. The van der Waals surface area contributed by atoms with Gasteiger partial charge in [-0.15, -0.1) is 0 Å². The molecule has 0 saturated carbocycles. The molecule has 2 rings (SSSR count). The Morgan fingerprint density at radius 2 is 1.93 bits per heavy atom. The summed E-state index contributed by atoms with van der Waals surface area (Å²) in [6.07, 6.45) is 0. The van der Waals surface area contributed by atoms with Gasteiger partial charge in [0.2, 0.25) is 10.0 Å². The van der Waals surface area contributed by atoms with Crippen molar-refractivity contribution >= 4 is 21.9 Å². The van der Waals surface area contributed by atoms with Crippen molar-refractivity contribution in [3.8, 4) is 0 Å². The molecule has 29 heavy (non-hydrogen) atoms. The number of nitrogens with zero attached hydrogens (tertiary/aromatic N) is 2. The Bertz CT molecular complexity index is 820. The highest BCUT2D eigenvalue weighted by atomic mass is 32.2. The number of benzene rings is 1. The molecule has 1 saturated heterocycles. The smallest absolute Gasteiger partial charge is 0.325 e. The fourth-order valence-electron chi connectivity index (χ4n) is 2.94. The van der Waals surface area contributed by atoms with Gasteiger partial charge in [0.15, 0.2) is 0 Å². The minimum absolute atomic E-state index is 0.0769. The van der Waals surface area contributed by atoms with Gasteiger partial charge in [-0.1, -0.05) is 6.07 Å². The van der Waals surface area contributed by atoms with Crippen molar-refractivity contribution in [3.05, 3.63) is 29.3 Å². The lowest BCUT2D eigenvalue weighted by Crippen LogP contribution is -2.41. The molecule has 9 nitrogen and oxygen atoms in total. The maximum absolute atomic E-state index is 13.0. The summed E-state index contributed by atoms with van der Waals surface area (Å²) < 4.78 is 42.6. The van der Waals surface area contributed by atoms with Crippen LogP contribution >= 0.6 is 0 Å².